The smallest absolute Gasteiger partial charge is 0.409 e. The van der Waals surface area contributed by atoms with Crippen molar-refractivity contribution >= 4 is 6.09 Å². The number of benzene rings is 1. The molecule has 0 spiro atoms. The van der Waals surface area contributed by atoms with E-state index in [1.54, 1.807) is 30.0 Å². The quantitative estimate of drug-likeness (QED) is 0.808. The Balaban J connectivity index is 1.72. The summed E-state index contributed by atoms with van der Waals surface area (Å²) in [6.07, 6.45) is -0.268. The number of aromatic nitrogens is 1. The zero-order chi connectivity index (χ0) is 19.6. The maximum atomic E-state index is 14.1. The first-order valence-corrected chi connectivity index (χ1v) is 9.31. The molecule has 1 aliphatic heterocycles. The minimum atomic E-state index is -0.327. The maximum Gasteiger partial charge on any atom is 0.409 e. The highest BCUT2D eigenvalue weighted by atomic mass is 19.1. The van der Waals surface area contributed by atoms with Gasteiger partial charge < -0.3 is 14.2 Å². The second kappa shape index (κ2) is 8.08. The highest BCUT2D eigenvalue weighted by molar-refractivity contribution is 5.67. The SMILES string of the molecule is CCOC(=O)N1CCN(C(C)c2cc(-c3cc(C)ccc3F)on2)C(C)C1. The van der Waals surface area contributed by atoms with Crippen molar-refractivity contribution in [2.24, 2.45) is 0 Å². The monoisotopic (exact) mass is 375 g/mol. The van der Waals surface area contributed by atoms with Crippen LogP contribution >= 0.6 is 0 Å². The highest BCUT2D eigenvalue weighted by Gasteiger charge is 2.32. The van der Waals surface area contributed by atoms with Crippen LogP contribution in [0.3, 0.4) is 0 Å². The lowest BCUT2D eigenvalue weighted by Gasteiger charge is -2.41. The van der Waals surface area contributed by atoms with Gasteiger partial charge in [-0.25, -0.2) is 9.18 Å². The summed E-state index contributed by atoms with van der Waals surface area (Å²) in [5.41, 5.74) is 2.13. The lowest BCUT2D eigenvalue weighted by atomic mass is 10.1. The summed E-state index contributed by atoms with van der Waals surface area (Å²) in [6.45, 7) is 10.1. The molecule has 2 heterocycles. The molecule has 1 aromatic heterocycles. The van der Waals surface area contributed by atoms with E-state index in [0.29, 0.717) is 37.6 Å². The second-order valence-corrected chi connectivity index (χ2v) is 7.01. The van der Waals surface area contributed by atoms with Crippen LogP contribution in [-0.4, -0.2) is 53.3 Å². The lowest BCUT2D eigenvalue weighted by molar-refractivity contribution is 0.0390. The Labute approximate surface area is 158 Å². The summed E-state index contributed by atoms with van der Waals surface area (Å²) in [7, 11) is 0. The molecule has 7 heteroatoms. The van der Waals surface area contributed by atoms with Gasteiger partial charge in [0, 0.05) is 31.7 Å². The average Bonchev–Trinajstić information content (AvgIpc) is 3.13. The molecule has 2 unspecified atom stereocenters. The second-order valence-electron chi connectivity index (χ2n) is 7.01. The predicted molar refractivity (Wildman–Crippen MR) is 99.8 cm³/mol. The number of carbonyl (C=O) groups excluding carboxylic acids is 1. The van der Waals surface area contributed by atoms with Crippen molar-refractivity contribution in [3.8, 4) is 11.3 Å². The Hall–Kier alpha value is -2.41. The zero-order valence-corrected chi connectivity index (χ0v) is 16.2. The van der Waals surface area contributed by atoms with Gasteiger partial charge in [0.2, 0.25) is 0 Å². The number of amides is 1. The number of halogens is 1. The first-order chi connectivity index (χ1) is 12.9. The first kappa shape index (κ1) is 19.4. The molecule has 3 rings (SSSR count). The van der Waals surface area contributed by atoms with Crippen molar-refractivity contribution in [2.45, 2.75) is 39.8 Å². The van der Waals surface area contributed by atoms with E-state index in [1.165, 1.54) is 6.07 Å². The molecular weight excluding hydrogens is 349 g/mol. The lowest BCUT2D eigenvalue weighted by Crippen LogP contribution is -2.54. The van der Waals surface area contributed by atoms with Crippen LogP contribution in [0.5, 0.6) is 0 Å². The molecule has 27 heavy (non-hydrogen) atoms. The summed E-state index contributed by atoms with van der Waals surface area (Å²) in [4.78, 5) is 15.9. The largest absolute Gasteiger partial charge is 0.450 e. The topological polar surface area (TPSA) is 58.8 Å². The van der Waals surface area contributed by atoms with Gasteiger partial charge in [0.05, 0.1) is 18.2 Å². The Morgan fingerprint density at radius 3 is 2.89 bits per heavy atom. The fourth-order valence-corrected chi connectivity index (χ4v) is 3.54. The molecule has 0 saturated carbocycles. The van der Waals surface area contributed by atoms with E-state index >= 15 is 0 Å². The standard InChI is InChI=1S/C20H26FN3O3/c1-5-26-20(25)23-8-9-24(14(3)12-23)15(4)18-11-19(27-22-18)16-10-13(2)6-7-17(16)21/h6-7,10-11,14-15H,5,8-9,12H2,1-4H3. The molecule has 1 amide bonds. The molecule has 2 atom stereocenters. The molecule has 0 radical (unpaired) electrons. The van der Waals surface area contributed by atoms with Gasteiger partial charge in [0.25, 0.3) is 0 Å². The van der Waals surface area contributed by atoms with Gasteiger partial charge in [-0.15, -0.1) is 0 Å². The molecule has 6 nitrogen and oxygen atoms in total. The summed E-state index contributed by atoms with van der Waals surface area (Å²) >= 11 is 0. The molecule has 0 N–H and O–H groups in total. The summed E-state index contributed by atoms with van der Waals surface area (Å²) in [5, 5.41) is 4.17. The number of hydrogen-bond acceptors (Lipinski definition) is 5. The molecule has 0 aliphatic carbocycles. The highest BCUT2D eigenvalue weighted by Crippen LogP contribution is 2.30. The van der Waals surface area contributed by atoms with Gasteiger partial charge in [0.1, 0.15) is 11.5 Å². The fourth-order valence-electron chi connectivity index (χ4n) is 3.54. The van der Waals surface area contributed by atoms with Gasteiger partial charge in [0.15, 0.2) is 5.76 Å². The molecule has 1 saturated heterocycles. The fraction of sp³-hybridized carbons (Fsp3) is 0.500. The third-order valence-corrected chi connectivity index (χ3v) is 5.05. The van der Waals surface area contributed by atoms with Gasteiger partial charge in [-0.05, 0) is 39.8 Å². The van der Waals surface area contributed by atoms with E-state index in [2.05, 4.69) is 17.0 Å². The third-order valence-electron chi connectivity index (χ3n) is 5.05. The Morgan fingerprint density at radius 2 is 2.19 bits per heavy atom. The van der Waals surface area contributed by atoms with Crippen molar-refractivity contribution in [3.63, 3.8) is 0 Å². The van der Waals surface area contributed by atoms with E-state index in [1.807, 2.05) is 13.8 Å². The molecule has 1 aromatic carbocycles. The van der Waals surface area contributed by atoms with Gasteiger partial charge in [-0.2, -0.15) is 0 Å². The van der Waals surface area contributed by atoms with E-state index < -0.39 is 0 Å². The van der Waals surface area contributed by atoms with Crippen LogP contribution < -0.4 is 0 Å². The molecular formula is C20H26FN3O3. The van der Waals surface area contributed by atoms with E-state index in [4.69, 9.17) is 9.26 Å². The number of carbonyl (C=O) groups is 1. The number of rotatable bonds is 4. The van der Waals surface area contributed by atoms with E-state index in [-0.39, 0.29) is 24.0 Å². The Morgan fingerprint density at radius 1 is 1.41 bits per heavy atom. The van der Waals surface area contributed by atoms with Gasteiger partial charge in [-0.3, -0.25) is 4.90 Å². The average molecular weight is 375 g/mol. The van der Waals surface area contributed by atoms with Gasteiger partial charge >= 0.3 is 6.09 Å². The summed E-state index contributed by atoms with van der Waals surface area (Å²) in [6, 6.07) is 6.86. The Bertz CT molecular complexity index is 808. The number of nitrogens with zero attached hydrogens (tertiary/aromatic N) is 3. The van der Waals surface area contributed by atoms with E-state index in [9.17, 15) is 9.18 Å². The van der Waals surface area contributed by atoms with Crippen LogP contribution in [0.1, 0.15) is 38.1 Å². The Kier molecular flexibility index (Phi) is 5.79. The zero-order valence-electron chi connectivity index (χ0n) is 16.2. The molecule has 1 fully saturated rings. The van der Waals surface area contributed by atoms with Crippen molar-refractivity contribution < 1.29 is 18.4 Å². The molecule has 0 bridgehead atoms. The predicted octanol–water partition coefficient (Wildman–Crippen LogP) is 4.01. The molecule has 2 aromatic rings. The first-order valence-electron chi connectivity index (χ1n) is 9.31. The van der Waals surface area contributed by atoms with Crippen molar-refractivity contribution in [3.05, 3.63) is 41.3 Å². The van der Waals surface area contributed by atoms with Crippen LogP contribution in [-0.2, 0) is 4.74 Å². The normalized spacial score (nSPS) is 19.1. The van der Waals surface area contributed by atoms with Crippen LogP contribution in [0.25, 0.3) is 11.3 Å². The van der Waals surface area contributed by atoms with Crippen LogP contribution in [0.2, 0.25) is 0 Å². The minimum Gasteiger partial charge on any atom is -0.450 e. The molecule has 1 aliphatic rings. The number of piperazine rings is 1. The van der Waals surface area contributed by atoms with E-state index in [0.717, 1.165) is 11.3 Å². The van der Waals surface area contributed by atoms with Crippen LogP contribution in [0.4, 0.5) is 9.18 Å². The summed E-state index contributed by atoms with van der Waals surface area (Å²) in [5.74, 6) is 0.100. The van der Waals surface area contributed by atoms with Crippen molar-refractivity contribution in [1.29, 1.82) is 0 Å². The van der Waals surface area contributed by atoms with Crippen molar-refractivity contribution in [2.75, 3.05) is 26.2 Å². The number of ether oxygens (including phenoxy) is 1. The minimum absolute atomic E-state index is 0.00489. The number of aryl methyl sites for hydroxylation is 1. The third kappa shape index (κ3) is 4.13. The van der Waals surface area contributed by atoms with Crippen LogP contribution in [0, 0.1) is 12.7 Å². The van der Waals surface area contributed by atoms with Gasteiger partial charge in [-0.1, -0.05) is 16.8 Å². The molecule has 146 valence electrons. The van der Waals surface area contributed by atoms with Crippen LogP contribution in [0.15, 0.2) is 28.8 Å². The maximum absolute atomic E-state index is 14.1. The van der Waals surface area contributed by atoms with Crippen molar-refractivity contribution in [1.82, 2.24) is 15.0 Å². The summed E-state index contributed by atoms with van der Waals surface area (Å²) < 4.78 is 24.6. The number of hydrogen-bond donors (Lipinski definition) is 0.